The lowest BCUT2D eigenvalue weighted by atomic mass is 9.96. The summed E-state index contributed by atoms with van der Waals surface area (Å²) in [6.45, 7) is 12.8. The number of hydrogen-bond acceptors (Lipinski definition) is 4. The highest BCUT2D eigenvalue weighted by Crippen LogP contribution is 2.17. The topological polar surface area (TPSA) is 52.6 Å². The molecule has 0 aromatic rings. The van der Waals surface area contributed by atoms with Crippen LogP contribution in [0.3, 0.4) is 0 Å². The molecule has 0 aliphatic heterocycles. The van der Waals surface area contributed by atoms with Crippen molar-refractivity contribution in [3.05, 3.63) is 0 Å². The molecule has 0 saturated heterocycles. The molecule has 0 aliphatic rings. The van der Waals surface area contributed by atoms with Gasteiger partial charge in [0.1, 0.15) is 6.10 Å². The van der Waals surface area contributed by atoms with Gasteiger partial charge >= 0.3 is 11.9 Å². The van der Waals surface area contributed by atoms with Crippen LogP contribution in [0.2, 0.25) is 0 Å². The molecule has 21 heavy (non-hydrogen) atoms. The fourth-order valence-electron chi connectivity index (χ4n) is 2.21. The van der Waals surface area contributed by atoms with E-state index >= 15 is 0 Å². The molecule has 0 fully saturated rings. The first-order valence-electron chi connectivity index (χ1n) is 8.09. The van der Waals surface area contributed by atoms with Crippen LogP contribution in [0.4, 0.5) is 0 Å². The standard InChI is InChI=1S/C17H32O4/c1-12(2)8-7-11-20-15(18)9-10-16(19)21-17(13(3)4)14(5)6/h12-14,17H,7-11H2,1-6H3. The van der Waals surface area contributed by atoms with E-state index in [4.69, 9.17) is 9.47 Å². The van der Waals surface area contributed by atoms with Gasteiger partial charge in [0, 0.05) is 0 Å². The van der Waals surface area contributed by atoms with Crippen molar-refractivity contribution >= 4 is 11.9 Å². The zero-order valence-electron chi connectivity index (χ0n) is 14.5. The summed E-state index contributed by atoms with van der Waals surface area (Å²) < 4.78 is 10.5. The first-order valence-corrected chi connectivity index (χ1v) is 8.09. The number of carbonyl (C=O) groups excluding carboxylic acids is 2. The van der Waals surface area contributed by atoms with Gasteiger partial charge in [0.15, 0.2) is 0 Å². The predicted molar refractivity (Wildman–Crippen MR) is 83.8 cm³/mol. The summed E-state index contributed by atoms with van der Waals surface area (Å²) >= 11 is 0. The molecule has 0 aliphatic carbocycles. The molecule has 124 valence electrons. The second-order valence-corrected chi connectivity index (χ2v) is 6.70. The van der Waals surface area contributed by atoms with Crippen LogP contribution < -0.4 is 0 Å². The molecule has 0 rings (SSSR count). The van der Waals surface area contributed by atoms with Gasteiger partial charge in [0.25, 0.3) is 0 Å². The summed E-state index contributed by atoms with van der Waals surface area (Å²) in [5.41, 5.74) is 0. The van der Waals surface area contributed by atoms with E-state index < -0.39 is 0 Å². The summed E-state index contributed by atoms with van der Waals surface area (Å²) in [7, 11) is 0. The SMILES string of the molecule is CC(C)CCCOC(=O)CCC(=O)OC(C(C)C)C(C)C. The third-order valence-corrected chi connectivity index (χ3v) is 3.30. The number of hydrogen-bond donors (Lipinski definition) is 0. The van der Waals surface area contributed by atoms with Crippen LogP contribution in [-0.4, -0.2) is 24.6 Å². The van der Waals surface area contributed by atoms with E-state index in [1.807, 2.05) is 27.7 Å². The van der Waals surface area contributed by atoms with Crippen LogP contribution >= 0.6 is 0 Å². The Hall–Kier alpha value is -1.06. The van der Waals surface area contributed by atoms with E-state index in [9.17, 15) is 9.59 Å². The Labute approximate surface area is 129 Å². The first kappa shape index (κ1) is 19.9. The van der Waals surface area contributed by atoms with E-state index in [1.165, 1.54) is 0 Å². The maximum absolute atomic E-state index is 11.8. The number of esters is 2. The van der Waals surface area contributed by atoms with Crippen molar-refractivity contribution in [2.45, 2.75) is 73.3 Å². The maximum atomic E-state index is 11.8. The Bertz CT molecular complexity index is 300. The molecule has 0 heterocycles. The minimum absolute atomic E-state index is 0.0962. The highest BCUT2D eigenvalue weighted by atomic mass is 16.5. The normalized spacial score (nSPS) is 11.5. The van der Waals surface area contributed by atoms with E-state index in [-0.39, 0.29) is 42.7 Å². The number of ether oxygens (including phenoxy) is 2. The Balaban J connectivity index is 3.89. The Morgan fingerprint density at radius 3 is 1.86 bits per heavy atom. The van der Waals surface area contributed by atoms with E-state index in [2.05, 4.69) is 13.8 Å². The summed E-state index contributed by atoms with van der Waals surface area (Å²) in [6, 6.07) is 0. The molecule has 0 aromatic carbocycles. The lowest BCUT2D eigenvalue weighted by Crippen LogP contribution is -2.29. The molecule has 0 saturated carbocycles. The second-order valence-electron chi connectivity index (χ2n) is 6.70. The minimum Gasteiger partial charge on any atom is -0.466 e. The van der Waals surface area contributed by atoms with Gasteiger partial charge in [-0.15, -0.1) is 0 Å². The van der Waals surface area contributed by atoms with Gasteiger partial charge in [0.05, 0.1) is 19.4 Å². The predicted octanol–water partition coefficient (Wildman–Crippen LogP) is 3.97. The zero-order chi connectivity index (χ0) is 16.4. The van der Waals surface area contributed by atoms with Gasteiger partial charge in [-0.05, 0) is 30.6 Å². The van der Waals surface area contributed by atoms with E-state index in [1.54, 1.807) is 0 Å². The molecule has 0 spiro atoms. The van der Waals surface area contributed by atoms with Gasteiger partial charge in [-0.3, -0.25) is 9.59 Å². The van der Waals surface area contributed by atoms with Crippen molar-refractivity contribution < 1.29 is 19.1 Å². The van der Waals surface area contributed by atoms with Gasteiger partial charge < -0.3 is 9.47 Å². The summed E-state index contributed by atoms with van der Waals surface area (Å²) in [5, 5.41) is 0. The van der Waals surface area contributed by atoms with Crippen molar-refractivity contribution in [1.82, 2.24) is 0 Å². The van der Waals surface area contributed by atoms with Crippen molar-refractivity contribution in [1.29, 1.82) is 0 Å². The van der Waals surface area contributed by atoms with E-state index in [0.29, 0.717) is 12.5 Å². The molecule has 4 nitrogen and oxygen atoms in total. The van der Waals surface area contributed by atoms with Crippen molar-refractivity contribution in [3.63, 3.8) is 0 Å². The molecule has 0 bridgehead atoms. The lowest BCUT2D eigenvalue weighted by molar-refractivity contribution is -0.157. The van der Waals surface area contributed by atoms with Crippen LogP contribution in [-0.2, 0) is 19.1 Å². The van der Waals surface area contributed by atoms with Crippen LogP contribution in [0.5, 0.6) is 0 Å². The van der Waals surface area contributed by atoms with Crippen molar-refractivity contribution in [3.8, 4) is 0 Å². The first-order chi connectivity index (χ1) is 9.73. The molecule has 0 aromatic heterocycles. The average Bonchev–Trinajstić information content (AvgIpc) is 2.37. The third-order valence-electron chi connectivity index (χ3n) is 3.30. The molecular formula is C17H32O4. The lowest BCUT2D eigenvalue weighted by Gasteiger charge is -2.24. The monoisotopic (exact) mass is 300 g/mol. The summed E-state index contributed by atoms with van der Waals surface area (Å²) in [4.78, 5) is 23.3. The average molecular weight is 300 g/mol. The molecule has 0 radical (unpaired) electrons. The molecule has 0 atom stereocenters. The largest absolute Gasteiger partial charge is 0.466 e. The highest BCUT2D eigenvalue weighted by molar-refractivity contribution is 5.77. The fraction of sp³-hybridized carbons (Fsp3) is 0.882. The Kier molecular flexibility index (Phi) is 10.1. The molecular weight excluding hydrogens is 268 g/mol. The van der Waals surface area contributed by atoms with Gasteiger partial charge in [-0.1, -0.05) is 41.5 Å². The molecule has 0 amide bonds. The van der Waals surface area contributed by atoms with Crippen LogP contribution in [0.1, 0.15) is 67.2 Å². The quantitative estimate of drug-likeness (QED) is 0.452. The third kappa shape index (κ3) is 10.3. The van der Waals surface area contributed by atoms with Crippen molar-refractivity contribution in [2.75, 3.05) is 6.61 Å². The fourth-order valence-corrected chi connectivity index (χ4v) is 2.21. The molecule has 4 heteroatoms. The van der Waals surface area contributed by atoms with Crippen LogP contribution in [0.15, 0.2) is 0 Å². The Morgan fingerprint density at radius 2 is 1.38 bits per heavy atom. The smallest absolute Gasteiger partial charge is 0.306 e. The number of carbonyl (C=O) groups is 2. The van der Waals surface area contributed by atoms with Gasteiger partial charge in [-0.2, -0.15) is 0 Å². The Morgan fingerprint density at radius 1 is 0.857 bits per heavy atom. The van der Waals surface area contributed by atoms with Crippen molar-refractivity contribution in [2.24, 2.45) is 17.8 Å². The zero-order valence-corrected chi connectivity index (χ0v) is 14.5. The number of rotatable bonds is 10. The van der Waals surface area contributed by atoms with E-state index in [0.717, 1.165) is 12.8 Å². The van der Waals surface area contributed by atoms with Gasteiger partial charge in [0.2, 0.25) is 0 Å². The molecule has 0 unspecified atom stereocenters. The highest BCUT2D eigenvalue weighted by Gasteiger charge is 2.22. The summed E-state index contributed by atoms with van der Waals surface area (Å²) in [5.74, 6) is 0.527. The van der Waals surface area contributed by atoms with Crippen LogP contribution in [0, 0.1) is 17.8 Å². The minimum atomic E-state index is -0.318. The molecule has 0 N–H and O–H groups in total. The second kappa shape index (κ2) is 10.6. The maximum Gasteiger partial charge on any atom is 0.306 e. The van der Waals surface area contributed by atoms with Gasteiger partial charge in [-0.25, -0.2) is 0 Å². The van der Waals surface area contributed by atoms with Crippen LogP contribution in [0.25, 0.3) is 0 Å². The summed E-state index contributed by atoms with van der Waals surface area (Å²) in [6.07, 6.45) is 2.01.